The molecule has 1 aromatic carbocycles. The number of carbonyl (C=O) groups excluding carboxylic acids is 1. The number of aromatic nitrogens is 4. The van der Waals surface area contributed by atoms with Crippen LogP contribution in [0.4, 0.5) is 11.5 Å². The van der Waals surface area contributed by atoms with Crippen molar-refractivity contribution in [3.8, 4) is 11.5 Å². The second-order valence-electron chi connectivity index (χ2n) is 6.77. The fourth-order valence-electron chi connectivity index (χ4n) is 3.06. The topological polar surface area (TPSA) is 137 Å². The Morgan fingerprint density at radius 1 is 1.10 bits per heavy atom. The van der Waals surface area contributed by atoms with Crippen molar-refractivity contribution in [2.24, 2.45) is 0 Å². The molecule has 0 radical (unpaired) electrons. The molecule has 1 unspecified atom stereocenters. The minimum absolute atomic E-state index is 0.0438. The zero-order chi connectivity index (χ0) is 21.1. The first kappa shape index (κ1) is 19.4. The molecule has 11 nitrogen and oxygen atoms in total. The molecular formula is C19H18N6O5. The van der Waals surface area contributed by atoms with E-state index >= 15 is 0 Å². The summed E-state index contributed by atoms with van der Waals surface area (Å²) >= 11 is 0. The predicted molar refractivity (Wildman–Crippen MR) is 104 cm³/mol. The molecule has 4 rings (SSSR count). The first-order valence-corrected chi connectivity index (χ1v) is 9.39. The number of hydrogen-bond donors (Lipinski definition) is 0. The summed E-state index contributed by atoms with van der Waals surface area (Å²) in [5.74, 6) is 0.343. The lowest BCUT2D eigenvalue weighted by atomic mass is 10.2. The quantitative estimate of drug-likeness (QED) is 0.339. The van der Waals surface area contributed by atoms with Crippen LogP contribution in [0.15, 0.2) is 40.8 Å². The maximum atomic E-state index is 12.3. The minimum Gasteiger partial charge on any atom is -0.448 e. The van der Waals surface area contributed by atoms with Gasteiger partial charge in [-0.05, 0) is 44.0 Å². The van der Waals surface area contributed by atoms with Crippen molar-refractivity contribution in [3.63, 3.8) is 0 Å². The van der Waals surface area contributed by atoms with Crippen LogP contribution in [0.1, 0.15) is 42.2 Å². The van der Waals surface area contributed by atoms with Crippen LogP contribution in [0.5, 0.6) is 0 Å². The third kappa shape index (κ3) is 4.09. The van der Waals surface area contributed by atoms with E-state index in [1.54, 1.807) is 19.1 Å². The smallest absolute Gasteiger partial charge is 0.359 e. The number of esters is 1. The van der Waals surface area contributed by atoms with Gasteiger partial charge in [0, 0.05) is 30.8 Å². The van der Waals surface area contributed by atoms with Gasteiger partial charge in [0.2, 0.25) is 5.89 Å². The average Bonchev–Trinajstić information content (AvgIpc) is 3.46. The Morgan fingerprint density at radius 3 is 2.47 bits per heavy atom. The van der Waals surface area contributed by atoms with Crippen LogP contribution in [-0.4, -0.2) is 44.4 Å². The summed E-state index contributed by atoms with van der Waals surface area (Å²) < 4.78 is 10.9. The Hall–Kier alpha value is -3.89. The Kier molecular flexibility index (Phi) is 5.33. The van der Waals surface area contributed by atoms with E-state index in [0.717, 1.165) is 31.7 Å². The third-order valence-electron chi connectivity index (χ3n) is 4.69. The normalized spacial score (nSPS) is 14.5. The maximum Gasteiger partial charge on any atom is 0.359 e. The van der Waals surface area contributed by atoms with Gasteiger partial charge in [-0.3, -0.25) is 10.1 Å². The van der Waals surface area contributed by atoms with E-state index in [0.29, 0.717) is 5.56 Å². The highest BCUT2D eigenvalue weighted by atomic mass is 16.6. The first-order chi connectivity index (χ1) is 14.5. The molecule has 3 heterocycles. The molecule has 0 aliphatic carbocycles. The largest absolute Gasteiger partial charge is 0.448 e. The second kappa shape index (κ2) is 8.23. The Balaban J connectivity index is 1.40. The Labute approximate surface area is 170 Å². The summed E-state index contributed by atoms with van der Waals surface area (Å²) in [5.41, 5.74) is 0.554. The van der Waals surface area contributed by atoms with Gasteiger partial charge < -0.3 is 14.1 Å². The van der Waals surface area contributed by atoms with Crippen molar-refractivity contribution in [2.45, 2.75) is 25.9 Å². The minimum atomic E-state index is -0.808. The predicted octanol–water partition coefficient (Wildman–Crippen LogP) is 2.95. The fourth-order valence-corrected chi connectivity index (χ4v) is 3.06. The van der Waals surface area contributed by atoms with Gasteiger partial charge in [-0.15, -0.1) is 20.4 Å². The van der Waals surface area contributed by atoms with Gasteiger partial charge in [-0.25, -0.2) is 4.79 Å². The lowest BCUT2D eigenvalue weighted by molar-refractivity contribution is -0.384. The van der Waals surface area contributed by atoms with E-state index in [4.69, 9.17) is 9.15 Å². The fraction of sp³-hybridized carbons (Fsp3) is 0.316. The number of non-ortho nitro benzene ring substituents is 1. The van der Waals surface area contributed by atoms with E-state index in [-0.39, 0.29) is 23.2 Å². The maximum absolute atomic E-state index is 12.3. The van der Waals surface area contributed by atoms with Crippen LogP contribution in [0.3, 0.4) is 0 Å². The van der Waals surface area contributed by atoms with Crippen LogP contribution in [0.25, 0.3) is 11.5 Å². The van der Waals surface area contributed by atoms with Gasteiger partial charge in [0.05, 0.1) is 4.92 Å². The molecule has 3 aromatic rings. The van der Waals surface area contributed by atoms with Gasteiger partial charge in [-0.2, -0.15) is 0 Å². The number of benzene rings is 1. The number of nitro benzene ring substituents is 1. The molecule has 0 bridgehead atoms. The highest BCUT2D eigenvalue weighted by molar-refractivity contribution is 5.87. The van der Waals surface area contributed by atoms with Gasteiger partial charge >= 0.3 is 5.97 Å². The molecule has 1 aliphatic heterocycles. The highest BCUT2D eigenvalue weighted by Crippen LogP contribution is 2.25. The lowest BCUT2D eigenvalue weighted by Gasteiger charge is -2.15. The summed E-state index contributed by atoms with van der Waals surface area (Å²) in [6, 6.07) is 9.01. The molecule has 2 aromatic heterocycles. The first-order valence-electron chi connectivity index (χ1n) is 9.39. The van der Waals surface area contributed by atoms with Crippen LogP contribution in [-0.2, 0) is 4.74 Å². The molecule has 154 valence electrons. The van der Waals surface area contributed by atoms with E-state index in [2.05, 4.69) is 25.3 Å². The molecule has 0 spiro atoms. The number of rotatable bonds is 6. The highest BCUT2D eigenvalue weighted by Gasteiger charge is 2.22. The summed E-state index contributed by atoms with van der Waals surface area (Å²) in [7, 11) is 0. The lowest BCUT2D eigenvalue weighted by Crippen LogP contribution is -2.20. The van der Waals surface area contributed by atoms with E-state index in [9.17, 15) is 14.9 Å². The number of ether oxygens (including phenoxy) is 1. The van der Waals surface area contributed by atoms with Crippen molar-refractivity contribution in [3.05, 3.63) is 58.1 Å². The van der Waals surface area contributed by atoms with Crippen LogP contribution >= 0.6 is 0 Å². The Morgan fingerprint density at radius 2 is 1.83 bits per heavy atom. The standard InChI is InChI=1S/C19H18N6O5/c1-12(17-22-23-18(30-17)13-4-6-14(7-5-13)25(27)28)29-19(26)15-8-9-16(21-20-15)24-10-2-3-11-24/h4-9,12H,2-3,10-11H2,1H3. The van der Waals surface area contributed by atoms with Crippen LogP contribution in [0, 0.1) is 10.1 Å². The van der Waals surface area contributed by atoms with E-state index in [1.807, 2.05) is 0 Å². The molecule has 1 saturated heterocycles. The van der Waals surface area contributed by atoms with E-state index in [1.165, 1.54) is 24.3 Å². The molecule has 1 atom stereocenters. The molecule has 11 heteroatoms. The van der Waals surface area contributed by atoms with Crippen molar-refractivity contribution in [1.82, 2.24) is 20.4 Å². The van der Waals surface area contributed by atoms with Crippen LogP contribution in [0.2, 0.25) is 0 Å². The summed E-state index contributed by atoms with van der Waals surface area (Å²) in [5, 5.41) is 26.6. The summed E-state index contributed by atoms with van der Waals surface area (Å²) in [6.45, 7) is 3.46. The number of hydrogen-bond acceptors (Lipinski definition) is 10. The van der Waals surface area contributed by atoms with Crippen LogP contribution < -0.4 is 4.90 Å². The molecular weight excluding hydrogens is 392 g/mol. The van der Waals surface area contributed by atoms with Gasteiger partial charge in [0.25, 0.3) is 11.6 Å². The number of nitro groups is 1. The monoisotopic (exact) mass is 410 g/mol. The molecule has 0 N–H and O–H groups in total. The van der Waals surface area contributed by atoms with Crippen molar-refractivity contribution in [1.29, 1.82) is 0 Å². The molecule has 1 fully saturated rings. The van der Waals surface area contributed by atoms with Crippen molar-refractivity contribution in [2.75, 3.05) is 18.0 Å². The molecule has 0 amide bonds. The average molecular weight is 410 g/mol. The van der Waals surface area contributed by atoms with Gasteiger partial charge in [0.1, 0.15) is 0 Å². The SMILES string of the molecule is CC(OC(=O)c1ccc(N2CCCC2)nn1)c1nnc(-c2ccc([N+](=O)[O-])cc2)o1. The molecule has 30 heavy (non-hydrogen) atoms. The molecule has 1 aliphatic rings. The second-order valence-corrected chi connectivity index (χ2v) is 6.77. The number of nitrogens with zero attached hydrogens (tertiary/aromatic N) is 6. The third-order valence-corrected chi connectivity index (χ3v) is 4.69. The van der Waals surface area contributed by atoms with Gasteiger partial charge in [-0.1, -0.05) is 0 Å². The number of anilines is 1. The summed E-state index contributed by atoms with van der Waals surface area (Å²) in [4.78, 5) is 24.7. The van der Waals surface area contributed by atoms with Crippen molar-refractivity contribution >= 4 is 17.5 Å². The molecule has 0 saturated carbocycles. The van der Waals surface area contributed by atoms with Crippen molar-refractivity contribution < 1.29 is 18.9 Å². The number of carbonyl (C=O) groups is 1. The Bertz CT molecular complexity index is 1040. The summed E-state index contributed by atoms with van der Waals surface area (Å²) in [6.07, 6.45) is 1.43. The van der Waals surface area contributed by atoms with E-state index < -0.39 is 17.0 Å². The zero-order valence-corrected chi connectivity index (χ0v) is 16.1. The zero-order valence-electron chi connectivity index (χ0n) is 16.1. The van der Waals surface area contributed by atoms with Gasteiger partial charge in [0.15, 0.2) is 17.6 Å².